The van der Waals surface area contributed by atoms with Gasteiger partial charge in [-0.05, 0) is 46.5 Å². The molecule has 5 rings (SSSR count). The lowest BCUT2D eigenvalue weighted by atomic mass is 9.65. The van der Waals surface area contributed by atoms with Crippen molar-refractivity contribution in [2.24, 2.45) is 0 Å². The molecule has 1 heteroatoms. The van der Waals surface area contributed by atoms with Crippen molar-refractivity contribution in [2.75, 3.05) is 0 Å². The van der Waals surface area contributed by atoms with Crippen molar-refractivity contribution >= 4 is 0 Å². The third kappa shape index (κ3) is 3.05. The summed E-state index contributed by atoms with van der Waals surface area (Å²) in [6, 6.07) is 45.5. The van der Waals surface area contributed by atoms with Gasteiger partial charge in [-0.15, -0.1) is 0 Å². The molecular formula is C29H23N. The maximum absolute atomic E-state index is 2.27. The highest BCUT2D eigenvalue weighted by Gasteiger charge is 2.38. The minimum atomic E-state index is -0.390. The smallest absolute Gasteiger partial charge is 0.0701 e. The molecule has 0 aliphatic carbocycles. The minimum Gasteiger partial charge on any atom is -0.324 e. The highest BCUT2D eigenvalue weighted by molar-refractivity contribution is 5.60. The summed E-state index contributed by atoms with van der Waals surface area (Å²) in [5.41, 5.74) is 5.80. The van der Waals surface area contributed by atoms with Gasteiger partial charge in [0.25, 0.3) is 0 Å². The number of benzene rings is 4. The molecule has 0 saturated heterocycles. The van der Waals surface area contributed by atoms with Crippen LogP contribution in [0.4, 0.5) is 0 Å². The molecule has 0 N–H and O–H groups in total. The van der Waals surface area contributed by atoms with Gasteiger partial charge < -0.3 is 4.57 Å². The van der Waals surface area contributed by atoms with E-state index in [1.54, 1.807) is 0 Å². The summed E-state index contributed by atoms with van der Waals surface area (Å²) in [5.74, 6) is 0. The van der Waals surface area contributed by atoms with E-state index in [1.807, 2.05) is 0 Å². The van der Waals surface area contributed by atoms with Gasteiger partial charge in [0.2, 0.25) is 0 Å². The Kier molecular flexibility index (Phi) is 4.78. The molecule has 0 saturated carbocycles. The standard InChI is InChI=1S/C29H23N/c1-4-12-24(13-5-1)29(25-14-6-2-7-15-25,26-16-8-3-9-17-26)27-18-20-28(21-19-27)30-22-10-11-23-30/h1-23H. The predicted octanol–water partition coefficient (Wildman–Crippen LogP) is 6.86. The molecule has 0 spiro atoms. The van der Waals surface area contributed by atoms with Gasteiger partial charge in [0.05, 0.1) is 5.41 Å². The van der Waals surface area contributed by atoms with Crippen molar-refractivity contribution < 1.29 is 0 Å². The van der Waals surface area contributed by atoms with Gasteiger partial charge in [0, 0.05) is 18.1 Å². The Morgan fingerprint density at radius 3 is 1.13 bits per heavy atom. The lowest BCUT2D eigenvalue weighted by Gasteiger charge is -2.37. The van der Waals surface area contributed by atoms with E-state index in [9.17, 15) is 0 Å². The fourth-order valence-corrected chi connectivity index (χ4v) is 4.45. The minimum absolute atomic E-state index is 0.390. The van der Waals surface area contributed by atoms with Crippen LogP contribution in [0, 0.1) is 0 Å². The summed E-state index contributed by atoms with van der Waals surface area (Å²) >= 11 is 0. The van der Waals surface area contributed by atoms with E-state index in [-0.39, 0.29) is 5.41 Å². The zero-order valence-corrected chi connectivity index (χ0v) is 16.7. The van der Waals surface area contributed by atoms with Crippen LogP contribution < -0.4 is 0 Å². The van der Waals surface area contributed by atoms with Crippen LogP contribution in [0.25, 0.3) is 5.69 Å². The summed E-state index contributed by atoms with van der Waals surface area (Å²) in [6.07, 6.45) is 4.15. The third-order valence-corrected chi connectivity index (χ3v) is 5.82. The highest BCUT2D eigenvalue weighted by atomic mass is 14.9. The first-order chi connectivity index (χ1) is 14.9. The van der Waals surface area contributed by atoms with Gasteiger partial charge in [-0.25, -0.2) is 0 Å². The predicted molar refractivity (Wildman–Crippen MR) is 124 cm³/mol. The molecule has 0 fully saturated rings. The van der Waals surface area contributed by atoms with Gasteiger partial charge in [0.1, 0.15) is 0 Å². The summed E-state index contributed by atoms with van der Waals surface area (Å²) < 4.78 is 2.14. The van der Waals surface area contributed by atoms with E-state index < -0.39 is 0 Å². The Balaban J connectivity index is 1.80. The molecule has 0 aliphatic rings. The number of aromatic nitrogens is 1. The second-order valence-corrected chi connectivity index (χ2v) is 7.49. The lowest BCUT2D eigenvalue weighted by Crippen LogP contribution is -2.30. The second-order valence-electron chi connectivity index (χ2n) is 7.49. The molecule has 30 heavy (non-hydrogen) atoms. The van der Waals surface area contributed by atoms with Crippen molar-refractivity contribution in [2.45, 2.75) is 5.41 Å². The Labute approximate surface area is 177 Å². The molecular weight excluding hydrogens is 362 g/mol. The normalized spacial score (nSPS) is 11.3. The third-order valence-electron chi connectivity index (χ3n) is 5.82. The molecule has 0 bridgehead atoms. The van der Waals surface area contributed by atoms with E-state index >= 15 is 0 Å². The van der Waals surface area contributed by atoms with Gasteiger partial charge in [0.15, 0.2) is 0 Å². The Morgan fingerprint density at radius 2 is 0.733 bits per heavy atom. The average molecular weight is 386 g/mol. The summed E-state index contributed by atoms with van der Waals surface area (Å²) in [4.78, 5) is 0. The van der Waals surface area contributed by atoms with Crippen molar-refractivity contribution in [1.29, 1.82) is 0 Å². The summed E-state index contributed by atoms with van der Waals surface area (Å²) in [6.45, 7) is 0. The molecule has 0 amide bonds. The van der Waals surface area contributed by atoms with Gasteiger partial charge >= 0.3 is 0 Å². The molecule has 1 nitrogen and oxygen atoms in total. The van der Waals surface area contributed by atoms with Gasteiger partial charge in [-0.1, -0.05) is 103 Å². The van der Waals surface area contributed by atoms with E-state index in [4.69, 9.17) is 0 Å². The monoisotopic (exact) mass is 385 g/mol. The van der Waals surface area contributed by atoms with Crippen LogP contribution in [-0.4, -0.2) is 4.57 Å². The first-order valence-electron chi connectivity index (χ1n) is 10.3. The number of rotatable bonds is 5. The van der Waals surface area contributed by atoms with Crippen LogP contribution in [0.5, 0.6) is 0 Å². The van der Waals surface area contributed by atoms with Crippen LogP contribution in [0.15, 0.2) is 140 Å². The zero-order chi connectivity index (χ0) is 20.2. The SMILES string of the molecule is c1ccc(C(c2ccccc2)(c2ccccc2)c2ccc(-n3cccc3)cc2)cc1. The van der Waals surface area contributed by atoms with Gasteiger partial charge in [-0.3, -0.25) is 0 Å². The fraction of sp³-hybridized carbons (Fsp3) is 0.0345. The van der Waals surface area contributed by atoms with E-state index in [2.05, 4.69) is 144 Å². The molecule has 1 heterocycles. The number of hydrogen-bond donors (Lipinski definition) is 0. The van der Waals surface area contributed by atoms with Crippen molar-refractivity contribution in [3.63, 3.8) is 0 Å². The molecule has 5 aromatic rings. The van der Waals surface area contributed by atoms with Crippen molar-refractivity contribution in [3.05, 3.63) is 162 Å². The molecule has 0 radical (unpaired) electrons. The number of hydrogen-bond acceptors (Lipinski definition) is 0. The Bertz CT molecular complexity index is 1090. The molecule has 0 atom stereocenters. The summed E-state index contributed by atoms with van der Waals surface area (Å²) in [5, 5.41) is 0. The van der Waals surface area contributed by atoms with Crippen LogP contribution in [0.1, 0.15) is 22.3 Å². The van der Waals surface area contributed by atoms with E-state index in [0.717, 1.165) is 5.69 Å². The van der Waals surface area contributed by atoms with Crippen molar-refractivity contribution in [3.8, 4) is 5.69 Å². The van der Waals surface area contributed by atoms with E-state index in [0.29, 0.717) is 0 Å². The van der Waals surface area contributed by atoms with Crippen LogP contribution in [0.3, 0.4) is 0 Å². The topological polar surface area (TPSA) is 4.93 Å². The zero-order valence-electron chi connectivity index (χ0n) is 16.7. The average Bonchev–Trinajstić information content (AvgIpc) is 3.37. The lowest BCUT2D eigenvalue weighted by molar-refractivity contribution is 0.744. The van der Waals surface area contributed by atoms with Crippen molar-refractivity contribution in [1.82, 2.24) is 4.57 Å². The fourth-order valence-electron chi connectivity index (χ4n) is 4.45. The van der Waals surface area contributed by atoms with Crippen LogP contribution >= 0.6 is 0 Å². The second kappa shape index (κ2) is 7.88. The molecule has 0 unspecified atom stereocenters. The Morgan fingerprint density at radius 1 is 0.367 bits per heavy atom. The Hall–Kier alpha value is -3.84. The first-order valence-corrected chi connectivity index (χ1v) is 10.3. The largest absolute Gasteiger partial charge is 0.324 e. The maximum atomic E-state index is 2.27. The summed E-state index contributed by atoms with van der Waals surface area (Å²) in [7, 11) is 0. The van der Waals surface area contributed by atoms with Crippen LogP contribution in [-0.2, 0) is 5.41 Å². The van der Waals surface area contributed by atoms with E-state index in [1.165, 1.54) is 22.3 Å². The highest BCUT2D eigenvalue weighted by Crippen LogP contribution is 2.45. The quantitative estimate of drug-likeness (QED) is 0.291. The molecule has 1 aromatic heterocycles. The van der Waals surface area contributed by atoms with Crippen LogP contribution in [0.2, 0.25) is 0 Å². The molecule has 144 valence electrons. The molecule has 4 aromatic carbocycles. The van der Waals surface area contributed by atoms with Gasteiger partial charge in [-0.2, -0.15) is 0 Å². The first kappa shape index (κ1) is 18.2. The maximum Gasteiger partial charge on any atom is 0.0701 e. The number of nitrogens with zero attached hydrogens (tertiary/aromatic N) is 1. The molecule has 0 aliphatic heterocycles.